The minimum Gasteiger partial charge on any atom is -0.396 e. The van der Waals surface area contributed by atoms with Gasteiger partial charge in [0.2, 0.25) is 0 Å². The fourth-order valence-electron chi connectivity index (χ4n) is 1.21. The molecule has 1 atom stereocenters. The van der Waals surface area contributed by atoms with Crippen LogP contribution in [0, 0.1) is 17.6 Å². The third-order valence-corrected chi connectivity index (χ3v) is 2.35. The molecule has 0 radical (unpaired) electrons. The van der Waals surface area contributed by atoms with Gasteiger partial charge in [-0.1, -0.05) is 6.92 Å². The van der Waals surface area contributed by atoms with Crippen molar-refractivity contribution in [3.63, 3.8) is 0 Å². The van der Waals surface area contributed by atoms with E-state index >= 15 is 0 Å². The van der Waals surface area contributed by atoms with Gasteiger partial charge in [0.25, 0.3) is 0 Å². The van der Waals surface area contributed by atoms with Crippen molar-refractivity contribution >= 4 is 5.69 Å². The van der Waals surface area contributed by atoms with Gasteiger partial charge in [-0.05, 0) is 30.5 Å². The van der Waals surface area contributed by atoms with Gasteiger partial charge >= 0.3 is 0 Å². The van der Waals surface area contributed by atoms with Crippen LogP contribution in [0.3, 0.4) is 0 Å². The van der Waals surface area contributed by atoms with Crippen LogP contribution in [0.2, 0.25) is 0 Å². The molecule has 0 spiro atoms. The number of benzene rings is 1. The predicted molar refractivity (Wildman–Crippen MR) is 55.7 cm³/mol. The van der Waals surface area contributed by atoms with Crippen LogP contribution in [0.5, 0.6) is 0 Å². The minimum absolute atomic E-state index is 0.0905. The Labute approximate surface area is 87.9 Å². The Kier molecular flexibility index (Phi) is 4.49. The summed E-state index contributed by atoms with van der Waals surface area (Å²) in [6.45, 7) is 2.61. The first-order valence-electron chi connectivity index (χ1n) is 4.97. The van der Waals surface area contributed by atoms with Crippen LogP contribution >= 0.6 is 0 Å². The van der Waals surface area contributed by atoms with Gasteiger partial charge in [-0.3, -0.25) is 0 Å². The molecular weight excluding hydrogens is 200 g/mol. The Balaban J connectivity index is 2.54. The van der Waals surface area contributed by atoms with Crippen molar-refractivity contribution in [2.24, 2.45) is 5.92 Å². The van der Waals surface area contributed by atoms with Crippen molar-refractivity contribution in [2.45, 2.75) is 13.3 Å². The van der Waals surface area contributed by atoms with Gasteiger partial charge in [-0.15, -0.1) is 0 Å². The molecule has 0 heterocycles. The zero-order valence-corrected chi connectivity index (χ0v) is 8.63. The molecule has 0 fully saturated rings. The van der Waals surface area contributed by atoms with Crippen molar-refractivity contribution in [3.05, 3.63) is 29.8 Å². The van der Waals surface area contributed by atoms with E-state index in [1.54, 1.807) is 0 Å². The van der Waals surface area contributed by atoms with Gasteiger partial charge in [0.05, 0.1) is 0 Å². The highest BCUT2D eigenvalue weighted by molar-refractivity contribution is 5.43. The number of nitrogens with one attached hydrogen (secondary N) is 1. The lowest BCUT2D eigenvalue weighted by Gasteiger charge is -2.13. The highest BCUT2D eigenvalue weighted by Gasteiger charge is 2.05. The predicted octanol–water partition coefficient (Wildman–Crippen LogP) is 2.40. The minimum atomic E-state index is -0.864. The average Bonchev–Trinajstić information content (AvgIpc) is 2.24. The lowest BCUT2D eigenvalue weighted by Crippen LogP contribution is -2.17. The highest BCUT2D eigenvalue weighted by atomic mass is 19.2. The second-order valence-corrected chi connectivity index (χ2v) is 3.47. The molecule has 2 nitrogen and oxygen atoms in total. The number of rotatable bonds is 5. The summed E-state index contributed by atoms with van der Waals surface area (Å²) < 4.78 is 25.4. The SMILES string of the molecule is CCC(CO)CNc1ccc(F)c(F)c1. The zero-order valence-electron chi connectivity index (χ0n) is 8.63. The van der Waals surface area contributed by atoms with Gasteiger partial charge in [0.15, 0.2) is 11.6 Å². The summed E-state index contributed by atoms with van der Waals surface area (Å²) in [5, 5.41) is 11.9. The summed E-state index contributed by atoms with van der Waals surface area (Å²) in [4.78, 5) is 0. The molecule has 0 aliphatic carbocycles. The molecule has 4 heteroatoms. The van der Waals surface area contributed by atoms with Crippen LogP contribution in [0.1, 0.15) is 13.3 Å². The zero-order chi connectivity index (χ0) is 11.3. The first-order chi connectivity index (χ1) is 7.17. The van der Waals surface area contributed by atoms with Crippen molar-refractivity contribution < 1.29 is 13.9 Å². The Morgan fingerprint density at radius 3 is 2.60 bits per heavy atom. The van der Waals surface area contributed by atoms with E-state index in [9.17, 15) is 8.78 Å². The number of aliphatic hydroxyl groups is 1. The van der Waals surface area contributed by atoms with Gasteiger partial charge in [0, 0.05) is 18.8 Å². The third kappa shape index (κ3) is 3.47. The number of hydrogen-bond donors (Lipinski definition) is 2. The monoisotopic (exact) mass is 215 g/mol. The smallest absolute Gasteiger partial charge is 0.160 e. The van der Waals surface area contributed by atoms with Crippen molar-refractivity contribution in [1.29, 1.82) is 0 Å². The molecular formula is C11H15F2NO. The Bertz CT molecular complexity index is 313. The van der Waals surface area contributed by atoms with Crippen molar-refractivity contribution in [1.82, 2.24) is 0 Å². The molecule has 1 aromatic carbocycles. The van der Waals surface area contributed by atoms with Crippen LogP contribution in [-0.4, -0.2) is 18.3 Å². The largest absolute Gasteiger partial charge is 0.396 e. The quantitative estimate of drug-likeness (QED) is 0.790. The van der Waals surface area contributed by atoms with Crippen LogP contribution < -0.4 is 5.32 Å². The summed E-state index contributed by atoms with van der Waals surface area (Å²) in [6, 6.07) is 3.67. The maximum Gasteiger partial charge on any atom is 0.160 e. The Morgan fingerprint density at radius 1 is 1.33 bits per heavy atom. The lowest BCUT2D eigenvalue weighted by molar-refractivity contribution is 0.230. The molecule has 2 N–H and O–H groups in total. The second-order valence-electron chi connectivity index (χ2n) is 3.47. The van der Waals surface area contributed by atoms with E-state index < -0.39 is 11.6 Å². The fraction of sp³-hybridized carbons (Fsp3) is 0.455. The van der Waals surface area contributed by atoms with Crippen LogP contribution in [0.25, 0.3) is 0 Å². The van der Waals surface area contributed by atoms with E-state index in [0.717, 1.165) is 18.6 Å². The van der Waals surface area contributed by atoms with Gasteiger partial charge < -0.3 is 10.4 Å². The summed E-state index contributed by atoms with van der Waals surface area (Å²) in [5.41, 5.74) is 0.529. The molecule has 0 saturated carbocycles. The van der Waals surface area contributed by atoms with Crippen LogP contribution in [-0.2, 0) is 0 Å². The van der Waals surface area contributed by atoms with Crippen molar-refractivity contribution in [3.8, 4) is 0 Å². The van der Waals surface area contributed by atoms with E-state index in [-0.39, 0.29) is 12.5 Å². The van der Waals surface area contributed by atoms with Gasteiger partial charge in [-0.25, -0.2) is 8.78 Å². The Hall–Kier alpha value is -1.16. The average molecular weight is 215 g/mol. The topological polar surface area (TPSA) is 32.3 Å². The number of aliphatic hydroxyl groups excluding tert-OH is 1. The van der Waals surface area contributed by atoms with E-state index in [4.69, 9.17) is 5.11 Å². The number of hydrogen-bond acceptors (Lipinski definition) is 2. The molecule has 1 aromatic rings. The molecule has 0 aliphatic rings. The maximum atomic E-state index is 12.8. The molecule has 15 heavy (non-hydrogen) atoms. The number of halogens is 2. The standard InChI is InChI=1S/C11H15F2NO/c1-2-8(7-15)6-14-9-3-4-10(12)11(13)5-9/h3-5,8,14-15H,2,6-7H2,1H3. The van der Waals surface area contributed by atoms with Gasteiger partial charge in [0.1, 0.15) is 0 Å². The lowest BCUT2D eigenvalue weighted by atomic mass is 10.1. The summed E-state index contributed by atoms with van der Waals surface area (Å²) in [6.07, 6.45) is 0.840. The third-order valence-electron chi connectivity index (χ3n) is 2.35. The van der Waals surface area contributed by atoms with E-state index in [2.05, 4.69) is 5.32 Å². The molecule has 84 valence electrons. The summed E-state index contributed by atoms with van der Waals surface area (Å²) in [7, 11) is 0. The molecule has 0 amide bonds. The maximum absolute atomic E-state index is 12.8. The van der Waals surface area contributed by atoms with Crippen LogP contribution in [0.15, 0.2) is 18.2 Å². The summed E-state index contributed by atoms with van der Waals surface area (Å²) >= 11 is 0. The van der Waals surface area contributed by atoms with Crippen LogP contribution in [0.4, 0.5) is 14.5 Å². The van der Waals surface area contributed by atoms with E-state index in [1.807, 2.05) is 6.92 Å². The molecule has 0 aromatic heterocycles. The molecule has 0 bridgehead atoms. The first kappa shape index (κ1) is 11.9. The highest BCUT2D eigenvalue weighted by Crippen LogP contribution is 2.14. The normalized spacial score (nSPS) is 12.5. The van der Waals surface area contributed by atoms with E-state index in [1.165, 1.54) is 6.07 Å². The molecule has 0 saturated heterocycles. The number of anilines is 1. The van der Waals surface area contributed by atoms with E-state index in [0.29, 0.717) is 12.2 Å². The summed E-state index contributed by atoms with van der Waals surface area (Å²) in [5.74, 6) is -1.58. The fourth-order valence-corrected chi connectivity index (χ4v) is 1.21. The molecule has 1 unspecified atom stereocenters. The first-order valence-corrected chi connectivity index (χ1v) is 4.97. The van der Waals surface area contributed by atoms with Crippen molar-refractivity contribution in [2.75, 3.05) is 18.5 Å². The molecule has 1 rings (SSSR count). The molecule has 0 aliphatic heterocycles. The van der Waals surface area contributed by atoms with Gasteiger partial charge in [-0.2, -0.15) is 0 Å². The second kappa shape index (κ2) is 5.66. The Morgan fingerprint density at radius 2 is 2.07 bits per heavy atom.